The van der Waals surface area contributed by atoms with Crippen molar-refractivity contribution in [2.45, 2.75) is 6.42 Å². The van der Waals surface area contributed by atoms with Crippen LogP contribution in [-0.2, 0) is 11.2 Å². The molecule has 2 aromatic rings. The second-order valence-electron chi connectivity index (χ2n) is 5.68. The van der Waals surface area contributed by atoms with Gasteiger partial charge < -0.3 is 10.0 Å². The fourth-order valence-electron chi connectivity index (χ4n) is 2.85. The molecule has 1 aliphatic rings. The number of fused-ring (bicyclic) bond motifs is 1. The zero-order valence-corrected chi connectivity index (χ0v) is 13.6. The number of Topliss-reactive ketones (excluding diaryl/α,β-unsaturated/α-hetero) is 1. The number of carbonyl (C=O) groups excluding carboxylic acids is 2. The maximum Gasteiger partial charge on any atom is 0.335 e. The Hall–Kier alpha value is -2.66. The first-order chi connectivity index (χ1) is 11.4. The number of anilines is 1. The molecule has 3 rings (SSSR count). The molecule has 0 bridgehead atoms. The minimum Gasteiger partial charge on any atom is -0.478 e. The number of hydrogen-bond donors (Lipinski definition) is 1. The Labute approximate surface area is 143 Å². The van der Waals surface area contributed by atoms with Crippen LogP contribution in [0.25, 0.3) is 0 Å². The normalized spacial score (nSPS) is 16.9. The van der Waals surface area contributed by atoms with Gasteiger partial charge in [-0.2, -0.15) is 0 Å². The van der Waals surface area contributed by atoms with E-state index in [4.69, 9.17) is 16.7 Å². The first-order valence-corrected chi connectivity index (χ1v) is 7.70. The van der Waals surface area contributed by atoms with Crippen molar-refractivity contribution in [1.82, 2.24) is 0 Å². The summed E-state index contributed by atoms with van der Waals surface area (Å²) in [7, 11) is 1.59. The van der Waals surface area contributed by atoms with Crippen LogP contribution in [0.5, 0.6) is 0 Å². The molecule has 0 saturated heterocycles. The summed E-state index contributed by atoms with van der Waals surface area (Å²) in [6.07, 6.45) is 0.246. The monoisotopic (exact) mass is 343 g/mol. The van der Waals surface area contributed by atoms with Gasteiger partial charge in [0.1, 0.15) is 5.92 Å². The molecule has 1 aliphatic heterocycles. The maximum absolute atomic E-state index is 12.8. The molecule has 24 heavy (non-hydrogen) atoms. The van der Waals surface area contributed by atoms with Gasteiger partial charge >= 0.3 is 5.97 Å². The van der Waals surface area contributed by atoms with E-state index in [0.29, 0.717) is 10.7 Å². The largest absolute Gasteiger partial charge is 0.478 e. The minimum atomic E-state index is -1.11. The van der Waals surface area contributed by atoms with Crippen LogP contribution >= 0.6 is 11.6 Å². The summed E-state index contributed by atoms with van der Waals surface area (Å²) in [6, 6.07) is 11.2. The average Bonchev–Trinajstić information content (AvgIpc) is 2.58. The van der Waals surface area contributed by atoms with Gasteiger partial charge in [-0.25, -0.2) is 4.79 Å². The first kappa shape index (κ1) is 16.2. The highest BCUT2D eigenvalue weighted by atomic mass is 35.5. The van der Waals surface area contributed by atoms with Crippen LogP contribution in [0.2, 0.25) is 5.02 Å². The van der Waals surface area contributed by atoms with Crippen molar-refractivity contribution in [2.75, 3.05) is 11.9 Å². The van der Waals surface area contributed by atoms with Crippen LogP contribution < -0.4 is 4.90 Å². The Balaban J connectivity index is 1.99. The highest BCUT2D eigenvalue weighted by molar-refractivity contribution is 6.30. The molecule has 0 spiro atoms. The van der Waals surface area contributed by atoms with Crippen LogP contribution in [0.1, 0.15) is 26.3 Å². The Morgan fingerprint density at radius 2 is 1.83 bits per heavy atom. The summed E-state index contributed by atoms with van der Waals surface area (Å²) >= 11 is 5.85. The van der Waals surface area contributed by atoms with Crippen LogP contribution in [0, 0.1) is 5.92 Å². The first-order valence-electron chi connectivity index (χ1n) is 7.32. The number of nitrogens with zero attached hydrogens (tertiary/aromatic N) is 1. The zero-order chi connectivity index (χ0) is 17.4. The van der Waals surface area contributed by atoms with Crippen LogP contribution in [-0.4, -0.2) is 29.8 Å². The van der Waals surface area contributed by atoms with E-state index in [1.54, 1.807) is 31.3 Å². The van der Waals surface area contributed by atoms with E-state index in [2.05, 4.69) is 0 Å². The van der Waals surface area contributed by atoms with E-state index >= 15 is 0 Å². The van der Waals surface area contributed by atoms with E-state index < -0.39 is 11.9 Å². The number of carboxylic acid groups (broad SMARTS) is 1. The quantitative estimate of drug-likeness (QED) is 0.869. The zero-order valence-electron chi connectivity index (χ0n) is 12.8. The number of rotatable bonds is 3. The van der Waals surface area contributed by atoms with Crippen LogP contribution in [0.4, 0.5) is 5.69 Å². The summed E-state index contributed by atoms with van der Waals surface area (Å²) < 4.78 is 0. The smallest absolute Gasteiger partial charge is 0.335 e. The van der Waals surface area contributed by atoms with E-state index in [-0.39, 0.29) is 29.2 Å². The lowest BCUT2D eigenvalue weighted by Crippen LogP contribution is -2.43. The number of hydrogen-bond acceptors (Lipinski definition) is 3. The molecule has 6 heteroatoms. The minimum absolute atomic E-state index is 0.0232. The number of benzene rings is 2. The van der Waals surface area contributed by atoms with Gasteiger partial charge in [-0.3, -0.25) is 9.59 Å². The van der Waals surface area contributed by atoms with Gasteiger partial charge in [-0.05, 0) is 42.3 Å². The molecule has 1 amide bonds. The molecule has 0 saturated carbocycles. The van der Waals surface area contributed by atoms with Gasteiger partial charge in [0.05, 0.1) is 11.3 Å². The number of ketones is 1. The van der Waals surface area contributed by atoms with Crippen LogP contribution in [0.15, 0.2) is 42.5 Å². The molecule has 1 N–H and O–H groups in total. The van der Waals surface area contributed by atoms with Gasteiger partial charge in [-0.15, -0.1) is 0 Å². The van der Waals surface area contributed by atoms with Crippen molar-refractivity contribution in [1.29, 1.82) is 0 Å². The van der Waals surface area contributed by atoms with Gasteiger partial charge in [0, 0.05) is 17.6 Å². The van der Waals surface area contributed by atoms with Crippen molar-refractivity contribution in [3.63, 3.8) is 0 Å². The van der Waals surface area contributed by atoms with Gasteiger partial charge in [0.25, 0.3) is 0 Å². The molecule has 0 radical (unpaired) electrons. The molecular weight excluding hydrogens is 330 g/mol. The Kier molecular flexibility index (Phi) is 4.11. The lowest BCUT2D eigenvalue weighted by Gasteiger charge is -2.30. The number of aromatic carboxylic acids is 1. The van der Waals surface area contributed by atoms with E-state index in [9.17, 15) is 14.4 Å². The van der Waals surface area contributed by atoms with Gasteiger partial charge in [0.2, 0.25) is 5.91 Å². The molecule has 1 heterocycles. The Morgan fingerprint density at radius 1 is 1.17 bits per heavy atom. The van der Waals surface area contributed by atoms with Crippen molar-refractivity contribution < 1.29 is 19.5 Å². The number of halogens is 1. The van der Waals surface area contributed by atoms with Gasteiger partial charge in [-0.1, -0.05) is 23.7 Å². The molecule has 0 aromatic heterocycles. The highest BCUT2D eigenvalue weighted by Gasteiger charge is 2.38. The molecule has 122 valence electrons. The number of carboxylic acids is 1. The third-order valence-electron chi connectivity index (χ3n) is 4.17. The summed E-state index contributed by atoms with van der Waals surface area (Å²) in [6.45, 7) is 0. The Morgan fingerprint density at radius 3 is 2.46 bits per heavy atom. The molecule has 1 atom stereocenters. The number of amides is 1. The molecule has 2 aromatic carbocycles. The van der Waals surface area contributed by atoms with Crippen molar-refractivity contribution >= 4 is 34.9 Å². The average molecular weight is 344 g/mol. The topological polar surface area (TPSA) is 74.7 Å². The molecular formula is C18H14ClNO4. The highest BCUT2D eigenvalue weighted by Crippen LogP contribution is 2.32. The number of carbonyl (C=O) groups is 3. The van der Waals surface area contributed by atoms with Crippen LogP contribution in [0.3, 0.4) is 0 Å². The van der Waals surface area contributed by atoms with E-state index in [1.165, 1.54) is 23.1 Å². The van der Waals surface area contributed by atoms with Crippen molar-refractivity contribution in [3.05, 3.63) is 64.2 Å². The SMILES string of the molecule is CN1C(=O)C(Cc2ccc(Cl)cc2)C(=O)c2cc(C(=O)O)ccc21. The van der Waals surface area contributed by atoms with Crippen molar-refractivity contribution in [2.24, 2.45) is 5.92 Å². The second kappa shape index (κ2) is 6.09. The third kappa shape index (κ3) is 2.78. The molecule has 0 fully saturated rings. The van der Waals surface area contributed by atoms with E-state index in [1.807, 2.05) is 0 Å². The lowest BCUT2D eigenvalue weighted by molar-refractivity contribution is -0.120. The molecule has 1 unspecified atom stereocenters. The predicted octanol–water partition coefficient (Wildman–Crippen LogP) is 3.06. The molecule has 0 aliphatic carbocycles. The summed E-state index contributed by atoms with van der Waals surface area (Å²) in [5.74, 6) is -2.64. The predicted molar refractivity (Wildman–Crippen MR) is 89.8 cm³/mol. The fourth-order valence-corrected chi connectivity index (χ4v) is 2.97. The third-order valence-corrected chi connectivity index (χ3v) is 4.42. The van der Waals surface area contributed by atoms with Gasteiger partial charge in [0.15, 0.2) is 5.78 Å². The van der Waals surface area contributed by atoms with Crippen molar-refractivity contribution in [3.8, 4) is 0 Å². The Bertz CT molecular complexity index is 845. The summed E-state index contributed by atoms with van der Waals surface area (Å²) in [5, 5.41) is 9.69. The second-order valence-corrected chi connectivity index (χ2v) is 6.12. The maximum atomic E-state index is 12.8. The standard InChI is InChI=1S/C18H14ClNO4/c1-20-15-7-4-11(18(23)24)9-13(15)16(21)14(17(20)22)8-10-2-5-12(19)6-3-10/h2-7,9,14H,8H2,1H3,(H,23,24). The summed E-state index contributed by atoms with van der Waals surface area (Å²) in [4.78, 5) is 37.8. The summed E-state index contributed by atoms with van der Waals surface area (Å²) in [5.41, 5.74) is 1.53. The fraction of sp³-hybridized carbons (Fsp3) is 0.167. The lowest BCUT2D eigenvalue weighted by atomic mass is 9.85. The molecule has 5 nitrogen and oxygen atoms in total. The van der Waals surface area contributed by atoms with E-state index in [0.717, 1.165) is 5.56 Å².